The summed E-state index contributed by atoms with van der Waals surface area (Å²) in [6.45, 7) is 5.37. The molecule has 1 aromatic rings. The van der Waals surface area contributed by atoms with Gasteiger partial charge in [0, 0.05) is 37.8 Å². The molecule has 1 amide bonds. The quantitative estimate of drug-likeness (QED) is 0.777. The molecule has 0 spiro atoms. The van der Waals surface area contributed by atoms with Crippen LogP contribution in [0.25, 0.3) is 0 Å². The summed E-state index contributed by atoms with van der Waals surface area (Å²) in [5.74, 6) is 0.0361. The predicted octanol–water partition coefficient (Wildman–Crippen LogP) is 2.08. The lowest BCUT2D eigenvalue weighted by Gasteiger charge is -2.32. The Labute approximate surface area is 144 Å². The van der Waals surface area contributed by atoms with Crippen molar-refractivity contribution >= 4 is 5.91 Å². The van der Waals surface area contributed by atoms with Crippen LogP contribution in [0.3, 0.4) is 0 Å². The Morgan fingerprint density at radius 2 is 2.00 bits per heavy atom. The summed E-state index contributed by atoms with van der Waals surface area (Å²) >= 11 is 0. The van der Waals surface area contributed by atoms with Gasteiger partial charge in [-0.2, -0.15) is 0 Å². The van der Waals surface area contributed by atoms with Crippen molar-refractivity contribution in [3.63, 3.8) is 0 Å². The maximum atomic E-state index is 12.2. The first-order valence-corrected chi connectivity index (χ1v) is 9.09. The van der Waals surface area contributed by atoms with E-state index in [9.17, 15) is 4.79 Å². The van der Waals surface area contributed by atoms with Gasteiger partial charge in [-0.05, 0) is 37.8 Å². The zero-order valence-corrected chi connectivity index (χ0v) is 14.3. The Bertz CT molecular complexity index is 495. The van der Waals surface area contributed by atoms with Crippen molar-refractivity contribution in [2.75, 3.05) is 39.5 Å². The predicted molar refractivity (Wildman–Crippen MR) is 93.2 cm³/mol. The van der Waals surface area contributed by atoms with Crippen LogP contribution in [0.1, 0.15) is 36.0 Å². The summed E-state index contributed by atoms with van der Waals surface area (Å²) in [5.41, 5.74) is 0.738. The van der Waals surface area contributed by atoms with E-state index in [0.29, 0.717) is 6.10 Å². The number of carbonyl (C=O) groups excluding carboxylic acids is 1. The first kappa shape index (κ1) is 17.4. The molecule has 2 saturated heterocycles. The number of piperidine rings is 1. The van der Waals surface area contributed by atoms with Crippen LogP contribution < -0.4 is 5.32 Å². The summed E-state index contributed by atoms with van der Waals surface area (Å²) in [6.07, 6.45) is 4.61. The Balaban J connectivity index is 1.29. The summed E-state index contributed by atoms with van der Waals surface area (Å²) in [6, 6.07) is 9.71. The van der Waals surface area contributed by atoms with E-state index in [1.165, 1.54) is 0 Å². The van der Waals surface area contributed by atoms with Gasteiger partial charge in [0.05, 0.1) is 19.3 Å². The molecular formula is C19H28N2O3. The standard InChI is InChI=1S/C19H28N2O3/c22-19(16-5-2-1-3-6-16)20-17-8-10-21(11-9-17)12-14-23-15-18-7-4-13-24-18/h1-3,5-6,17-18H,4,7-15H2,(H,20,22). The lowest BCUT2D eigenvalue weighted by Crippen LogP contribution is -2.45. The third kappa shape index (κ3) is 5.30. The Morgan fingerprint density at radius 1 is 1.21 bits per heavy atom. The fraction of sp³-hybridized carbons (Fsp3) is 0.632. The highest BCUT2D eigenvalue weighted by Crippen LogP contribution is 2.13. The SMILES string of the molecule is O=C(NC1CCN(CCOCC2CCCO2)CC1)c1ccccc1. The van der Waals surface area contributed by atoms with Gasteiger partial charge in [-0.3, -0.25) is 4.79 Å². The molecule has 2 aliphatic rings. The molecule has 5 nitrogen and oxygen atoms in total. The molecule has 0 radical (unpaired) electrons. The normalized spacial score (nSPS) is 22.6. The van der Waals surface area contributed by atoms with Gasteiger partial charge in [-0.15, -0.1) is 0 Å². The first-order valence-electron chi connectivity index (χ1n) is 9.09. The van der Waals surface area contributed by atoms with Crippen LogP contribution in [-0.2, 0) is 9.47 Å². The van der Waals surface area contributed by atoms with E-state index < -0.39 is 0 Å². The lowest BCUT2D eigenvalue weighted by molar-refractivity contribution is 0.00855. The number of carbonyl (C=O) groups is 1. The van der Waals surface area contributed by atoms with Gasteiger partial charge in [-0.1, -0.05) is 18.2 Å². The van der Waals surface area contributed by atoms with Gasteiger partial charge in [-0.25, -0.2) is 0 Å². The van der Waals surface area contributed by atoms with Crippen molar-refractivity contribution in [1.82, 2.24) is 10.2 Å². The first-order chi connectivity index (χ1) is 11.8. The molecule has 2 fully saturated rings. The maximum Gasteiger partial charge on any atom is 0.251 e. The highest BCUT2D eigenvalue weighted by molar-refractivity contribution is 5.94. The third-order valence-corrected chi connectivity index (χ3v) is 4.84. The fourth-order valence-corrected chi connectivity index (χ4v) is 3.34. The van der Waals surface area contributed by atoms with E-state index in [1.54, 1.807) is 0 Å². The Morgan fingerprint density at radius 3 is 2.71 bits per heavy atom. The second-order valence-corrected chi connectivity index (χ2v) is 6.67. The van der Waals surface area contributed by atoms with Crippen molar-refractivity contribution in [3.8, 4) is 0 Å². The number of ether oxygens (including phenoxy) is 2. The molecule has 1 atom stereocenters. The van der Waals surface area contributed by atoms with Crippen LogP contribution in [0.4, 0.5) is 0 Å². The van der Waals surface area contributed by atoms with Gasteiger partial charge in [0.15, 0.2) is 0 Å². The molecule has 1 unspecified atom stereocenters. The van der Waals surface area contributed by atoms with E-state index in [2.05, 4.69) is 10.2 Å². The highest BCUT2D eigenvalue weighted by atomic mass is 16.5. The van der Waals surface area contributed by atoms with Gasteiger partial charge < -0.3 is 19.7 Å². The van der Waals surface area contributed by atoms with E-state index >= 15 is 0 Å². The van der Waals surface area contributed by atoms with Crippen LogP contribution in [0.2, 0.25) is 0 Å². The zero-order valence-electron chi connectivity index (χ0n) is 14.3. The van der Waals surface area contributed by atoms with Crippen LogP contribution in [0.5, 0.6) is 0 Å². The maximum absolute atomic E-state index is 12.2. The van der Waals surface area contributed by atoms with Gasteiger partial charge in [0.1, 0.15) is 0 Å². The van der Waals surface area contributed by atoms with Crippen LogP contribution >= 0.6 is 0 Å². The number of likely N-dealkylation sites (tertiary alicyclic amines) is 1. The second-order valence-electron chi connectivity index (χ2n) is 6.67. The molecule has 0 aliphatic carbocycles. The molecular weight excluding hydrogens is 304 g/mol. The summed E-state index contributed by atoms with van der Waals surface area (Å²) in [7, 11) is 0. The van der Waals surface area contributed by atoms with Crippen LogP contribution in [0.15, 0.2) is 30.3 Å². The summed E-state index contributed by atoms with van der Waals surface area (Å²) < 4.78 is 11.3. The Kier molecular flexibility index (Phi) is 6.64. The largest absolute Gasteiger partial charge is 0.377 e. The zero-order chi connectivity index (χ0) is 16.6. The minimum absolute atomic E-state index is 0.0361. The van der Waals surface area contributed by atoms with Crippen molar-refractivity contribution in [2.45, 2.75) is 37.8 Å². The number of rotatable bonds is 7. The molecule has 0 aromatic heterocycles. The molecule has 1 N–H and O–H groups in total. The number of hydrogen-bond acceptors (Lipinski definition) is 4. The fourth-order valence-electron chi connectivity index (χ4n) is 3.34. The molecule has 24 heavy (non-hydrogen) atoms. The van der Waals surface area contributed by atoms with Gasteiger partial charge in [0.25, 0.3) is 5.91 Å². The van der Waals surface area contributed by atoms with E-state index in [0.717, 1.165) is 70.7 Å². The molecule has 132 valence electrons. The molecule has 1 aromatic carbocycles. The average Bonchev–Trinajstić information content (AvgIpc) is 3.14. The number of nitrogens with zero attached hydrogens (tertiary/aromatic N) is 1. The van der Waals surface area contributed by atoms with E-state index in [4.69, 9.17) is 9.47 Å². The molecule has 0 saturated carbocycles. The molecule has 5 heteroatoms. The summed E-state index contributed by atoms with van der Waals surface area (Å²) in [5, 5.41) is 3.15. The van der Waals surface area contributed by atoms with Crippen molar-refractivity contribution < 1.29 is 14.3 Å². The topological polar surface area (TPSA) is 50.8 Å². The molecule has 3 rings (SSSR count). The number of nitrogens with one attached hydrogen (secondary N) is 1. The smallest absolute Gasteiger partial charge is 0.251 e. The minimum Gasteiger partial charge on any atom is -0.377 e. The van der Waals surface area contributed by atoms with Gasteiger partial charge in [0.2, 0.25) is 0 Å². The van der Waals surface area contributed by atoms with Crippen LogP contribution in [0, 0.1) is 0 Å². The van der Waals surface area contributed by atoms with Crippen LogP contribution in [-0.4, -0.2) is 62.4 Å². The van der Waals surface area contributed by atoms with Crippen molar-refractivity contribution in [1.29, 1.82) is 0 Å². The number of benzene rings is 1. The lowest BCUT2D eigenvalue weighted by atomic mass is 10.0. The average molecular weight is 332 g/mol. The number of amides is 1. The van der Waals surface area contributed by atoms with Crippen molar-refractivity contribution in [2.24, 2.45) is 0 Å². The molecule has 0 bridgehead atoms. The minimum atomic E-state index is 0.0361. The second kappa shape index (κ2) is 9.16. The summed E-state index contributed by atoms with van der Waals surface area (Å²) in [4.78, 5) is 14.6. The Hall–Kier alpha value is -1.43. The molecule has 2 heterocycles. The van der Waals surface area contributed by atoms with Gasteiger partial charge >= 0.3 is 0 Å². The third-order valence-electron chi connectivity index (χ3n) is 4.84. The highest BCUT2D eigenvalue weighted by Gasteiger charge is 2.21. The van der Waals surface area contributed by atoms with E-state index in [-0.39, 0.29) is 11.9 Å². The molecule has 2 aliphatic heterocycles. The van der Waals surface area contributed by atoms with Crippen molar-refractivity contribution in [3.05, 3.63) is 35.9 Å². The number of hydrogen-bond donors (Lipinski definition) is 1. The monoisotopic (exact) mass is 332 g/mol. The van der Waals surface area contributed by atoms with E-state index in [1.807, 2.05) is 30.3 Å².